The fourth-order valence-corrected chi connectivity index (χ4v) is 9.23. The number of alkyl halides is 2. The van der Waals surface area contributed by atoms with Crippen molar-refractivity contribution in [3.8, 4) is 11.5 Å². The van der Waals surface area contributed by atoms with Gasteiger partial charge in [0.25, 0.3) is 0 Å². The number of halogens is 2. The summed E-state index contributed by atoms with van der Waals surface area (Å²) in [5.41, 5.74) is -5.11. The molecule has 4 fully saturated rings. The molecule has 2 aromatic carbocycles. The Morgan fingerprint density at radius 3 is 2.38 bits per heavy atom. The molecular formula is C35H37F2NO7. The zero-order valence-electron chi connectivity index (χ0n) is 25.3. The number of Topliss-reactive ketones (excluding diaryl/α,β-unsaturated/α-hetero) is 1. The first kappa shape index (κ1) is 30.2. The van der Waals surface area contributed by atoms with Crippen LogP contribution in [0.15, 0.2) is 72.3 Å². The van der Waals surface area contributed by atoms with Crippen LogP contribution in [-0.4, -0.2) is 65.1 Å². The van der Waals surface area contributed by atoms with E-state index in [-0.39, 0.29) is 24.8 Å². The van der Waals surface area contributed by atoms with Gasteiger partial charge in [-0.25, -0.2) is 8.78 Å². The molecule has 2 aromatic rings. The standard InChI is InChI=1S/C35H37F2NO7/c1-32-13-12-21(40)14-26(32)27(36)15-25-24-16-30-35(29(42)18-39,33(24,2)17-28(41)34(25,32)37)45-31(44-30)19-4-8-22(9-5-19)43-23-10-6-20(38-3)7-11-23/h4-14,24-25,27-28,30-31,38-39,41H,15-18H2,1-3H3/t24-,25-,27-,28-,30+,31+,32-,33-,34-,35+/m0/s1. The highest BCUT2D eigenvalue weighted by Gasteiger charge is 2.80. The van der Waals surface area contributed by atoms with Gasteiger partial charge in [-0.05, 0) is 86.2 Å². The van der Waals surface area contributed by atoms with E-state index >= 15 is 8.78 Å². The molecule has 10 heteroatoms. The van der Waals surface area contributed by atoms with Crippen molar-refractivity contribution >= 4 is 17.3 Å². The molecule has 1 aliphatic heterocycles. The average molecular weight is 622 g/mol. The predicted molar refractivity (Wildman–Crippen MR) is 160 cm³/mol. The number of aliphatic hydroxyl groups is 2. The van der Waals surface area contributed by atoms with Crippen LogP contribution < -0.4 is 10.1 Å². The topological polar surface area (TPSA) is 114 Å². The molecule has 8 nitrogen and oxygen atoms in total. The Balaban J connectivity index is 1.19. The van der Waals surface area contributed by atoms with Crippen LogP contribution in [0.1, 0.15) is 45.0 Å². The molecule has 1 saturated heterocycles. The summed E-state index contributed by atoms with van der Waals surface area (Å²) in [6.45, 7) is 2.46. The van der Waals surface area contributed by atoms with Crippen molar-refractivity contribution < 1.29 is 42.8 Å². The highest BCUT2D eigenvalue weighted by Crippen LogP contribution is 2.72. The average Bonchev–Trinajstić information content (AvgIpc) is 3.53. The third kappa shape index (κ3) is 4.01. The lowest BCUT2D eigenvalue weighted by atomic mass is 9.44. The summed E-state index contributed by atoms with van der Waals surface area (Å²) in [5, 5.41) is 24.9. The Kier molecular flexibility index (Phi) is 6.91. The van der Waals surface area contributed by atoms with Gasteiger partial charge < -0.3 is 29.7 Å². The second kappa shape index (κ2) is 10.3. The maximum absolute atomic E-state index is 17.5. The third-order valence-electron chi connectivity index (χ3n) is 11.5. The van der Waals surface area contributed by atoms with E-state index in [0.717, 1.165) is 11.8 Å². The van der Waals surface area contributed by atoms with Crippen molar-refractivity contribution in [2.24, 2.45) is 22.7 Å². The molecule has 5 aliphatic rings. The first-order chi connectivity index (χ1) is 21.4. The number of benzene rings is 2. The number of carbonyl (C=O) groups is 2. The first-order valence-corrected chi connectivity index (χ1v) is 15.4. The zero-order valence-corrected chi connectivity index (χ0v) is 25.3. The van der Waals surface area contributed by atoms with Gasteiger partial charge >= 0.3 is 0 Å². The number of carbonyl (C=O) groups excluding carboxylic acids is 2. The van der Waals surface area contributed by atoms with E-state index in [1.165, 1.54) is 19.1 Å². The monoisotopic (exact) mass is 621 g/mol. The van der Waals surface area contributed by atoms with Gasteiger partial charge in [0.1, 0.15) is 24.3 Å². The number of nitrogens with one attached hydrogen (secondary N) is 1. The summed E-state index contributed by atoms with van der Waals surface area (Å²) in [4.78, 5) is 25.8. The summed E-state index contributed by atoms with van der Waals surface area (Å²) in [6, 6.07) is 14.5. The van der Waals surface area contributed by atoms with Gasteiger partial charge in [-0.2, -0.15) is 0 Å². The minimum absolute atomic E-state index is 0.0331. The number of fused-ring (bicyclic) bond motifs is 7. The molecule has 0 bridgehead atoms. The van der Waals surface area contributed by atoms with Crippen LogP contribution in [0.2, 0.25) is 0 Å². The molecule has 0 unspecified atom stereocenters. The number of allylic oxidation sites excluding steroid dienone is 4. The van der Waals surface area contributed by atoms with E-state index in [1.54, 1.807) is 31.2 Å². The number of aliphatic hydroxyl groups excluding tert-OH is 2. The molecule has 1 heterocycles. The Labute approximate surface area is 260 Å². The molecule has 0 aromatic heterocycles. The van der Waals surface area contributed by atoms with E-state index < -0.39 is 76.8 Å². The van der Waals surface area contributed by atoms with Crippen LogP contribution in [0.25, 0.3) is 0 Å². The summed E-state index contributed by atoms with van der Waals surface area (Å²) in [6.07, 6.45) is -1.54. The molecule has 45 heavy (non-hydrogen) atoms. The van der Waals surface area contributed by atoms with Crippen LogP contribution in [0.3, 0.4) is 0 Å². The van der Waals surface area contributed by atoms with Gasteiger partial charge in [-0.1, -0.05) is 25.1 Å². The van der Waals surface area contributed by atoms with Gasteiger partial charge in [-0.15, -0.1) is 0 Å². The second-order valence-corrected chi connectivity index (χ2v) is 13.4. The molecule has 4 aliphatic carbocycles. The molecule has 0 spiro atoms. The lowest BCUT2D eigenvalue weighted by Gasteiger charge is -2.63. The minimum atomic E-state index is -2.30. The summed E-state index contributed by atoms with van der Waals surface area (Å²) in [5.74, 6) is -1.41. The fourth-order valence-electron chi connectivity index (χ4n) is 9.23. The normalized spacial score (nSPS) is 41.4. The van der Waals surface area contributed by atoms with E-state index in [1.807, 2.05) is 31.3 Å². The van der Waals surface area contributed by atoms with E-state index in [2.05, 4.69) is 5.32 Å². The van der Waals surface area contributed by atoms with Crippen molar-refractivity contribution in [1.29, 1.82) is 0 Å². The van der Waals surface area contributed by atoms with E-state index in [9.17, 15) is 19.8 Å². The van der Waals surface area contributed by atoms with Crippen molar-refractivity contribution in [1.82, 2.24) is 0 Å². The zero-order chi connectivity index (χ0) is 31.9. The minimum Gasteiger partial charge on any atom is -0.457 e. The SMILES string of the molecule is CNc1ccc(Oc2ccc([C@@H]3O[C@@H]4C[C@H]5[C@@H]6C[C@H](F)C7=CC(=O)C=C[C@]7(C)[C@@]6(F)[C@@H](O)C[C@]5(C)[C@]4(C(=O)CO)O3)cc2)cc1. The molecule has 238 valence electrons. The summed E-state index contributed by atoms with van der Waals surface area (Å²) < 4.78 is 52.2. The number of ketones is 2. The van der Waals surface area contributed by atoms with Crippen LogP contribution >= 0.6 is 0 Å². The first-order valence-electron chi connectivity index (χ1n) is 15.4. The van der Waals surface area contributed by atoms with Crippen LogP contribution in [0, 0.1) is 22.7 Å². The Bertz CT molecular complexity index is 1590. The number of rotatable bonds is 6. The highest BCUT2D eigenvalue weighted by atomic mass is 19.1. The van der Waals surface area contributed by atoms with Gasteiger partial charge in [0.15, 0.2) is 29.1 Å². The molecule has 7 rings (SSSR count). The Morgan fingerprint density at radius 1 is 1.07 bits per heavy atom. The molecular weight excluding hydrogens is 584 g/mol. The Morgan fingerprint density at radius 2 is 1.73 bits per heavy atom. The fraction of sp³-hybridized carbons (Fsp3) is 0.486. The van der Waals surface area contributed by atoms with Crippen LogP contribution in [-0.2, 0) is 19.1 Å². The molecule has 0 amide bonds. The Hall–Kier alpha value is -3.44. The molecule has 10 atom stereocenters. The largest absolute Gasteiger partial charge is 0.457 e. The maximum Gasteiger partial charge on any atom is 0.193 e. The van der Waals surface area contributed by atoms with E-state index in [4.69, 9.17) is 14.2 Å². The molecule has 0 radical (unpaired) electrons. The van der Waals surface area contributed by atoms with E-state index in [0.29, 0.717) is 17.1 Å². The van der Waals surface area contributed by atoms with Crippen molar-refractivity contribution in [2.75, 3.05) is 19.0 Å². The second-order valence-electron chi connectivity index (χ2n) is 13.4. The van der Waals surface area contributed by atoms with Crippen molar-refractivity contribution in [2.45, 2.75) is 69.0 Å². The smallest absolute Gasteiger partial charge is 0.193 e. The number of hydrogen-bond acceptors (Lipinski definition) is 8. The summed E-state index contributed by atoms with van der Waals surface area (Å²) >= 11 is 0. The maximum atomic E-state index is 17.5. The quantitative estimate of drug-likeness (QED) is 0.405. The van der Waals surface area contributed by atoms with Crippen molar-refractivity contribution in [3.63, 3.8) is 0 Å². The van der Waals surface area contributed by atoms with Gasteiger partial charge in [0.2, 0.25) is 0 Å². The van der Waals surface area contributed by atoms with Gasteiger partial charge in [0, 0.05) is 35.0 Å². The highest BCUT2D eigenvalue weighted by molar-refractivity contribution is 6.01. The number of ether oxygens (including phenoxy) is 3. The van der Waals surface area contributed by atoms with Crippen LogP contribution in [0.5, 0.6) is 11.5 Å². The summed E-state index contributed by atoms with van der Waals surface area (Å²) in [7, 11) is 1.83. The van der Waals surface area contributed by atoms with Gasteiger partial charge in [0.05, 0.1) is 12.2 Å². The lowest BCUT2D eigenvalue weighted by Crippen LogP contribution is -2.70. The lowest BCUT2D eigenvalue weighted by molar-refractivity contribution is -0.235. The number of anilines is 1. The molecule has 3 N–H and O–H groups in total. The molecule has 3 saturated carbocycles. The third-order valence-corrected chi connectivity index (χ3v) is 11.5. The van der Waals surface area contributed by atoms with Crippen molar-refractivity contribution in [3.05, 3.63) is 77.9 Å². The predicted octanol–water partition coefficient (Wildman–Crippen LogP) is 5.16. The number of hydrogen-bond donors (Lipinski definition) is 3. The van der Waals surface area contributed by atoms with Gasteiger partial charge in [-0.3, -0.25) is 9.59 Å². The van der Waals surface area contributed by atoms with Crippen LogP contribution in [0.4, 0.5) is 14.5 Å².